The molecule has 0 radical (unpaired) electrons. The molecule has 0 bridgehead atoms. The third-order valence-electron chi connectivity index (χ3n) is 3.67. The van der Waals surface area contributed by atoms with E-state index in [0.717, 1.165) is 30.4 Å². The topological polar surface area (TPSA) is 54.9 Å². The van der Waals surface area contributed by atoms with E-state index in [4.69, 9.17) is 9.47 Å². The lowest BCUT2D eigenvalue weighted by atomic mass is 10.3. The maximum atomic E-state index is 5.94. The maximum absolute atomic E-state index is 5.94. The van der Waals surface area contributed by atoms with Crippen molar-refractivity contribution in [3.8, 4) is 11.5 Å². The van der Waals surface area contributed by atoms with Gasteiger partial charge >= 0.3 is 0 Å². The number of methoxy groups -OCH3 is 1. The van der Waals surface area contributed by atoms with Crippen LogP contribution in [0.25, 0.3) is 0 Å². The molecule has 1 unspecified atom stereocenters. The Morgan fingerprint density at radius 2 is 1.84 bits per heavy atom. The largest absolute Gasteiger partial charge is 0.493 e. The quantitative estimate of drug-likeness (QED) is 0.558. The van der Waals surface area contributed by atoms with Gasteiger partial charge in [-0.15, -0.1) is 11.3 Å². The number of hydrogen-bond donors (Lipinski definition) is 2. The van der Waals surface area contributed by atoms with E-state index >= 15 is 0 Å². The molecular formula is C19H27N3O2S. The molecule has 1 aromatic carbocycles. The summed E-state index contributed by atoms with van der Waals surface area (Å²) >= 11 is 1.83. The average molecular weight is 362 g/mol. The number of ether oxygens (including phenoxy) is 2. The molecule has 0 saturated heterocycles. The fraction of sp³-hybridized carbons (Fsp3) is 0.421. The molecule has 0 spiro atoms. The Morgan fingerprint density at radius 3 is 2.48 bits per heavy atom. The molecule has 0 aliphatic rings. The Morgan fingerprint density at radius 1 is 1.12 bits per heavy atom. The van der Waals surface area contributed by atoms with Crippen molar-refractivity contribution < 1.29 is 9.47 Å². The zero-order chi connectivity index (χ0) is 18.1. The van der Waals surface area contributed by atoms with Crippen LogP contribution < -0.4 is 20.1 Å². The molecule has 0 aliphatic carbocycles. The fourth-order valence-electron chi connectivity index (χ4n) is 2.31. The summed E-state index contributed by atoms with van der Waals surface area (Å²) in [4.78, 5) is 6.97. The smallest absolute Gasteiger partial charge is 0.191 e. The summed E-state index contributed by atoms with van der Waals surface area (Å²) in [6.07, 6.45) is 1.05. The number of aryl methyl sites for hydroxylation is 1. The monoisotopic (exact) mass is 361 g/mol. The summed E-state index contributed by atoms with van der Waals surface area (Å²) in [5, 5.41) is 6.63. The first-order chi connectivity index (χ1) is 12.2. The Balaban J connectivity index is 1.79. The number of aliphatic imine (C=N–C) groups is 1. The lowest BCUT2D eigenvalue weighted by molar-refractivity contribution is 0.213. The third kappa shape index (κ3) is 5.98. The highest BCUT2D eigenvalue weighted by atomic mass is 32.1. The molecule has 5 nitrogen and oxygen atoms in total. The summed E-state index contributed by atoms with van der Waals surface area (Å²) < 4.78 is 11.3. The Hall–Kier alpha value is -2.21. The van der Waals surface area contributed by atoms with Crippen LogP contribution in [-0.2, 0) is 13.0 Å². The molecule has 136 valence electrons. The molecule has 1 aromatic heterocycles. The molecular weight excluding hydrogens is 334 g/mol. The van der Waals surface area contributed by atoms with E-state index in [-0.39, 0.29) is 6.10 Å². The van der Waals surface area contributed by atoms with Gasteiger partial charge in [-0.3, -0.25) is 4.99 Å². The fourth-order valence-corrected chi connectivity index (χ4v) is 3.21. The number of hydrogen-bond acceptors (Lipinski definition) is 4. The van der Waals surface area contributed by atoms with Crippen molar-refractivity contribution in [3.05, 3.63) is 46.2 Å². The standard InChI is InChI=1S/C19H27N3O2S/c1-5-15-10-11-16(25-15)13-22-19(20-3)21-12-14(2)24-18-9-7-6-8-17(18)23-4/h6-11,14H,5,12-13H2,1-4H3,(H2,20,21,22). The van der Waals surface area contributed by atoms with Gasteiger partial charge in [-0.05, 0) is 37.6 Å². The van der Waals surface area contributed by atoms with Crippen LogP contribution in [0, 0.1) is 0 Å². The van der Waals surface area contributed by atoms with E-state index < -0.39 is 0 Å². The second-order valence-corrected chi connectivity index (χ2v) is 6.86. The van der Waals surface area contributed by atoms with Gasteiger partial charge in [0.2, 0.25) is 0 Å². The number of benzene rings is 1. The summed E-state index contributed by atoms with van der Waals surface area (Å²) in [6, 6.07) is 12.0. The van der Waals surface area contributed by atoms with Crippen LogP contribution in [0.5, 0.6) is 11.5 Å². The molecule has 1 heterocycles. The number of nitrogens with one attached hydrogen (secondary N) is 2. The predicted molar refractivity (Wildman–Crippen MR) is 105 cm³/mol. The average Bonchev–Trinajstić information content (AvgIpc) is 3.10. The van der Waals surface area contributed by atoms with Gasteiger partial charge in [0.25, 0.3) is 0 Å². The maximum Gasteiger partial charge on any atom is 0.191 e. The highest BCUT2D eigenvalue weighted by Gasteiger charge is 2.09. The van der Waals surface area contributed by atoms with Gasteiger partial charge < -0.3 is 20.1 Å². The van der Waals surface area contributed by atoms with Crippen molar-refractivity contribution in [2.24, 2.45) is 4.99 Å². The molecule has 0 fully saturated rings. The first kappa shape index (κ1) is 19.1. The van der Waals surface area contributed by atoms with Crippen molar-refractivity contribution in [2.45, 2.75) is 32.9 Å². The van der Waals surface area contributed by atoms with Gasteiger partial charge in [0.15, 0.2) is 17.5 Å². The Labute approximate surface area is 154 Å². The number of thiophene rings is 1. The molecule has 0 amide bonds. The molecule has 1 atom stereocenters. The van der Waals surface area contributed by atoms with Crippen molar-refractivity contribution >= 4 is 17.3 Å². The first-order valence-electron chi connectivity index (χ1n) is 8.48. The predicted octanol–water partition coefficient (Wildman–Crippen LogP) is 3.45. The zero-order valence-corrected chi connectivity index (χ0v) is 16.2. The molecule has 0 aliphatic heterocycles. The minimum Gasteiger partial charge on any atom is -0.493 e. The van der Waals surface area contributed by atoms with Crippen molar-refractivity contribution in [1.82, 2.24) is 10.6 Å². The van der Waals surface area contributed by atoms with Crippen LogP contribution >= 0.6 is 11.3 Å². The highest BCUT2D eigenvalue weighted by molar-refractivity contribution is 7.11. The van der Waals surface area contributed by atoms with Crippen LogP contribution in [0.2, 0.25) is 0 Å². The zero-order valence-electron chi connectivity index (χ0n) is 15.3. The van der Waals surface area contributed by atoms with Crippen LogP contribution in [-0.4, -0.2) is 32.8 Å². The van der Waals surface area contributed by atoms with E-state index in [9.17, 15) is 0 Å². The van der Waals surface area contributed by atoms with Crippen molar-refractivity contribution in [2.75, 3.05) is 20.7 Å². The first-order valence-corrected chi connectivity index (χ1v) is 9.29. The van der Waals surface area contributed by atoms with Gasteiger partial charge in [-0.25, -0.2) is 0 Å². The van der Waals surface area contributed by atoms with Crippen LogP contribution in [0.1, 0.15) is 23.6 Å². The molecule has 2 aromatic rings. The summed E-state index contributed by atoms with van der Waals surface area (Å²) in [5.74, 6) is 2.25. The molecule has 6 heteroatoms. The number of guanidine groups is 1. The van der Waals surface area contributed by atoms with E-state index in [1.165, 1.54) is 9.75 Å². The van der Waals surface area contributed by atoms with Gasteiger partial charge in [0, 0.05) is 16.8 Å². The minimum atomic E-state index is -0.0247. The van der Waals surface area contributed by atoms with Crippen LogP contribution in [0.4, 0.5) is 0 Å². The van der Waals surface area contributed by atoms with Crippen LogP contribution in [0.3, 0.4) is 0 Å². The molecule has 2 rings (SSSR count). The number of nitrogens with zero attached hydrogens (tertiary/aromatic N) is 1. The molecule has 2 N–H and O–H groups in total. The number of rotatable bonds is 8. The summed E-state index contributed by atoms with van der Waals surface area (Å²) in [7, 11) is 3.42. The highest BCUT2D eigenvalue weighted by Crippen LogP contribution is 2.26. The Bertz CT molecular complexity index is 685. The van der Waals surface area contributed by atoms with Gasteiger partial charge in [-0.1, -0.05) is 19.1 Å². The van der Waals surface area contributed by atoms with E-state index in [1.54, 1.807) is 14.2 Å². The number of para-hydroxylation sites is 2. The van der Waals surface area contributed by atoms with Crippen molar-refractivity contribution in [3.63, 3.8) is 0 Å². The lowest BCUT2D eigenvalue weighted by Gasteiger charge is -2.18. The van der Waals surface area contributed by atoms with Gasteiger partial charge in [0.05, 0.1) is 20.2 Å². The van der Waals surface area contributed by atoms with Crippen molar-refractivity contribution in [1.29, 1.82) is 0 Å². The van der Waals surface area contributed by atoms with E-state index in [1.807, 2.05) is 42.5 Å². The summed E-state index contributed by atoms with van der Waals surface area (Å²) in [6.45, 7) is 5.60. The molecule has 0 saturated carbocycles. The second kappa shape index (κ2) is 9.93. The normalized spacial score (nSPS) is 12.6. The Kier molecular flexibility index (Phi) is 7.60. The third-order valence-corrected chi connectivity index (χ3v) is 4.90. The van der Waals surface area contributed by atoms with E-state index in [2.05, 4.69) is 34.7 Å². The van der Waals surface area contributed by atoms with Gasteiger partial charge in [0.1, 0.15) is 6.10 Å². The van der Waals surface area contributed by atoms with E-state index in [0.29, 0.717) is 6.54 Å². The molecule has 25 heavy (non-hydrogen) atoms. The minimum absolute atomic E-state index is 0.0247. The van der Waals surface area contributed by atoms with Crippen LogP contribution in [0.15, 0.2) is 41.4 Å². The summed E-state index contributed by atoms with van der Waals surface area (Å²) in [5.41, 5.74) is 0. The van der Waals surface area contributed by atoms with Gasteiger partial charge in [-0.2, -0.15) is 0 Å². The SMILES string of the molecule is CCc1ccc(CNC(=NC)NCC(C)Oc2ccccc2OC)s1. The second-order valence-electron chi connectivity index (χ2n) is 5.61. The lowest BCUT2D eigenvalue weighted by Crippen LogP contribution is -2.41.